The second-order valence-electron chi connectivity index (χ2n) is 9.47. The minimum atomic E-state index is -0.334. The molecule has 1 amide bonds. The third-order valence-corrected chi connectivity index (χ3v) is 6.58. The maximum atomic E-state index is 12.3. The predicted octanol–water partition coefficient (Wildman–Crippen LogP) is 5.54. The van der Waals surface area contributed by atoms with E-state index in [1.807, 2.05) is 32.0 Å². The van der Waals surface area contributed by atoms with E-state index in [-0.39, 0.29) is 29.3 Å². The molecule has 0 aliphatic carbocycles. The van der Waals surface area contributed by atoms with Crippen LogP contribution in [-0.4, -0.2) is 59.6 Å². The molecule has 1 aromatic heterocycles. The summed E-state index contributed by atoms with van der Waals surface area (Å²) < 4.78 is 5.89. The molecule has 2 heterocycles. The summed E-state index contributed by atoms with van der Waals surface area (Å²) in [6.07, 6.45) is 2.57. The maximum Gasteiger partial charge on any atom is 0.247 e. The van der Waals surface area contributed by atoms with Crippen molar-refractivity contribution in [3.8, 4) is 11.8 Å². The number of amides is 1. The van der Waals surface area contributed by atoms with Gasteiger partial charge in [-0.3, -0.25) is 4.79 Å². The number of carbonyl (C=O) groups excluding carboxylic acids is 1. The molecule has 1 aliphatic heterocycles. The first kappa shape index (κ1) is 28.7. The normalized spacial score (nSPS) is 13.4. The van der Waals surface area contributed by atoms with Gasteiger partial charge in [-0.15, -0.1) is 0 Å². The highest BCUT2D eigenvalue weighted by atomic mass is 35.5. The molecule has 3 aromatic rings. The minimum Gasteiger partial charge on any atom is -0.489 e. The lowest BCUT2D eigenvalue weighted by Gasteiger charge is -2.35. The summed E-state index contributed by atoms with van der Waals surface area (Å²) in [5.74, 6) is 0.724. The Kier molecular flexibility index (Phi) is 9.43. The third-order valence-electron chi connectivity index (χ3n) is 6.35. The van der Waals surface area contributed by atoms with Crippen LogP contribution in [0, 0.1) is 11.3 Å². The maximum absolute atomic E-state index is 12.3. The summed E-state index contributed by atoms with van der Waals surface area (Å²) >= 11 is 6.18. The standard InChI is InChI=1S/C29H33ClN8O2/c1-5-27(39)33-25-16-22(38-13-11-37(6-2)12-14-38)8-10-23(25)35-29-32-18-20(17-31)28(36-29)34-24-9-7-21(30)15-26(24)40-19(3)4/h5,7-10,15-16,18-19H,1,6,11-14H2,2-4H3,(H,33,39)(H2,32,34,35,36). The summed E-state index contributed by atoms with van der Waals surface area (Å²) in [6, 6.07) is 13.1. The van der Waals surface area contributed by atoms with E-state index in [2.05, 4.69) is 55.3 Å². The number of carbonyl (C=O) groups is 1. The molecule has 0 unspecified atom stereocenters. The minimum absolute atomic E-state index is 0.0835. The van der Waals surface area contributed by atoms with Crippen molar-refractivity contribution in [2.45, 2.75) is 26.9 Å². The van der Waals surface area contributed by atoms with Crippen LogP contribution in [0.1, 0.15) is 26.3 Å². The average molecular weight is 561 g/mol. The predicted molar refractivity (Wildman–Crippen MR) is 160 cm³/mol. The van der Waals surface area contributed by atoms with Crippen LogP contribution in [0.15, 0.2) is 55.3 Å². The first-order valence-corrected chi connectivity index (χ1v) is 13.5. The van der Waals surface area contributed by atoms with Gasteiger partial charge in [-0.25, -0.2) is 4.98 Å². The van der Waals surface area contributed by atoms with E-state index in [9.17, 15) is 10.1 Å². The van der Waals surface area contributed by atoms with Crippen molar-refractivity contribution in [2.24, 2.45) is 0 Å². The van der Waals surface area contributed by atoms with Gasteiger partial charge in [-0.05, 0) is 56.8 Å². The van der Waals surface area contributed by atoms with Gasteiger partial charge in [0.25, 0.3) is 0 Å². The zero-order valence-corrected chi connectivity index (χ0v) is 23.6. The van der Waals surface area contributed by atoms with E-state index in [1.165, 1.54) is 12.3 Å². The van der Waals surface area contributed by atoms with Crippen LogP contribution in [0.25, 0.3) is 0 Å². The smallest absolute Gasteiger partial charge is 0.247 e. The third kappa shape index (κ3) is 7.20. The number of hydrogen-bond acceptors (Lipinski definition) is 9. The van der Waals surface area contributed by atoms with Gasteiger partial charge >= 0.3 is 0 Å². The lowest BCUT2D eigenvalue weighted by Crippen LogP contribution is -2.46. The number of hydrogen-bond donors (Lipinski definition) is 3. The van der Waals surface area contributed by atoms with Crippen LogP contribution < -0.4 is 25.6 Å². The largest absolute Gasteiger partial charge is 0.489 e. The van der Waals surface area contributed by atoms with Gasteiger partial charge in [0, 0.05) is 43.0 Å². The summed E-state index contributed by atoms with van der Waals surface area (Å²) in [6.45, 7) is 14.4. The van der Waals surface area contributed by atoms with Gasteiger partial charge < -0.3 is 30.5 Å². The number of ether oxygens (including phenoxy) is 1. The zero-order chi connectivity index (χ0) is 28.6. The Hall–Kier alpha value is -4.33. The number of anilines is 6. The number of nitriles is 1. The first-order chi connectivity index (χ1) is 19.3. The number of nitrogens with one attached hydrogen (secondary N) is 3. The van der Waals surface area contributed by atoms with E-state index in [0.29, 0.717) is 27.8 Å². The molecule has 1 saturated heterocycles. The summed E-state index contributed by atoms with van der Waals surface area (Å²) in [5.41, 5.74) is 3.01. The molecule has 1 aliphatic rings. The molecule has 0 spiro atoms. The molecule has 0 bridgehead atoms. The van der Waals surface area contributed by atoms with Gasteiger partial charge in [-0.2, -0.15) is 10.2 Å². The number of halogens is 1. The van der Waals surface area contributed by atoms with E-state index in [0.717, 1.165) is 38.4 Å². The fourth-order valence-electron chi connectivity index (χ4n) is 4.27. The van der Waals surface area contributed by atoms with Crippen LogP contribution in [0.4, 0.5) is 34.5 Å². The van der Waals surface area contributed by atoms with E-state index in [1.54, 1.807) is 18.2 Å². The Morgan fingerprint density at radius 2 is 1.90 bits per heavy atom. The molecule has 0 saturated carbocycles. The molecule has 208 valence electrons. The van der Waals surface area contributed by atoms with Crippen LogP contribution in [0.3, 0.4) is 0 Å². The Bertz CT molecular complexity index is 1410. The van der Waals surface area contributed by atoms with Gasteiger partial charge in [0.05, 0.1) is 29.4 Å². The molecule has 11 heteroatoms. The molecular weight excluding hydrogens is 528 g/mol. The van der Waals surface area contributed by atoms with Crippen molar-refractivity contribution in [2.75, 3.05) is 53.6 Å². The highest BCUT2D eigenvalue weighted by Gasteiger charge is 2.18. The number of rotatable bonds is 10. The van der Waals surface area contributed by atoms with Crippen LogP contribution in [-0.2, 0) is 4.79 Å². The van der Waals surface area contributed by atoms with Crippen molar-refractivity contribution >= 4 is 52.0 Å². The molecule has 10 nitrogen and oxygen atoms in total. The molecule has 1 fully saturated rings. The lowest BCUT2D eigenvalue weighted by molar-refractivity contribution is -0.111. The van der Waals surface area contributed by atoms with Crippen molar-refractivity contribution < 1.29 is 9.53 Å². The van der Waals surface area contributed by atoms with Crippen molar-refractivity contribution in [3.63, 3.8) is 0 Å². The Balaban J connectivity index is 1.62. The Morgan fingerprint density at radius 1 is 1.15 bits per heavy atom. The van der Waals surface area contributed by atoms with Crippen LogP contribution in [0.2, 0.25) is 5.02 Å². The Morgan fingerprint density at radius 3 is 2.58 bits per heavy atom. The number of benzene rings is 2. The van der Waals surface area contributed by atoms with Crippen molar-refractivity contribution in [1.82, 2.24) is 14.9 Å². The van der Waals surface area contributed by atoms with Crippen molar-refractivity contribution in [3.05, 3.63) is 65.8 Å². The molecule has 40 heavy (non-hydrogen) atoms. The molecular formula is C29H33ClN8O2. The fraction of sp³-hybridized carbons (Fsp3) is 0.310. The van der Waals surface area contributed by atoms with E-state index >= 15 is 0 Å². The second kappa shape index (κ2) is 13.2. The van der Waals surface area contributed by atoms with Gasteiger partial charge in [0.1, 0.15) is 17.4 Å². The molecule has 0 radical (unpaired) electrons. The topological polar surface area (TPSA) is 118 Å². The van der Waals surface area contributed by atoms with E-state index < -0.39 is 0 Å². The molecule has 0 atom stereocenters. The zero-order valence-electron chi connectivity index (χ0n) is 22.9. The molecule has 4 rings (SSSR count). The lowest BCUT2D eigenvalue weighted by atomic mass is 10.2. The first-order valence-electron chi connectivity index (χ1n) is 13.1. The highest BCUT2D eigenvalue weighted by molar-refractivity contribution is 6.30. The Labute approximate surface area is 239 Å². The second-order valence-corrected chi connectivity index (χ2v) is 9.91. The van der Waals surface area contributed by atoms with Crippen molar-refractivity contribution in [1.29, 1.82) is 5.26 Å². The SMILES string of the molecule is C=CC(=O)Nc1cc(N2CCN(CC)CC2)ccc1Nc1ncc(C#N)c(Nc2ccc(Cl)cc2OC(C)C)n1. The number of nitrogens with zero attached hydrogens (tertiary/aromatic N) is 5. The van der Waals surface area contributed by atoms with Gasteiger partial charge in [-0.1, -0.05) is 25.1 Å². The number of aromatic nitrogens is 2. The number of piperazine rings is 1. The summed E-state index contributed by atoms with van der Waals surface area (Å²) in [7, 11) is 0. The van der Waals surface area contributed by atoms with Gasteiger partial charge in [0.15, 0.2) is 5.82 Å². The average Bonchev–Trinajstić information content (AvgIpc) is 2.95. The van der Waals surface area contributed by atoms with E-state index in [4.69, 9.17) is 16.3 Å². The summed E-state index contributed by atoms with van der Waals surface area (Å²) in [4.78, 5) is 25.8. The fourth-order valence-corrected chi connectivity index (χ4v) is 4.43. The summed E-state index contributed by atoms with van der Waals surface area (Å²) in [5, 5.41) is 19.4. The monoisotopic (exact) mass is 560 g/mol. The quantitative estimate of drug-likeness (QED) is 0.274. The van der Waals surface area contributed by atoms with Gasteiger partial charge in [0.2, 0.25) is 11.9 Å². The van der Waals surface area contributed by atoms with Crippen LogP contribution in [0.5, 0.6) is 5.75 Å². The molecule has 3 N–H and O–H groups in total. The van der Waals surface area contributed by atoms with Crippen LogP contribution >= 0.6 is 11.6 Å². The molecule has 2 aromatic carbocycles. The number of likely N-dealkylation sites (N-methyl/N-ethyl adjacent to an activating group) is 1. The highest BCUT2D eigenvalue weighted by Crippen LogP contribution is 2.34.